The van der Waals surface area contributed by atoms with E-state index in [0.29, 0.717) is 4.90 Å². The second-order valence-corrected chi connectivity index (χ2v) is 5.62. The Morgan fingerprint density at radius 2 is 2.06 bits per heavy atom. The predicted molar refractivity (Wildman–Crippen MR) is 61.7 cm³/mol. The average molecular weight is 268 g/mol. The van der Waals surface area contributed by atoms with Crippen molar-refractivity contribution in [1.82, 2.24) is 20.6 Å². The van der Waals surface area contributed by atoms with Crippen LogP contribution in [0.15, 0.2) is 33.5 Å². The van der Waals surface area contributed by atoms with Crippen LogP contribution in [0.1, 0.15) is 0 Å². The summed E-state index contributed by atoms with van der Waals surface area (Å²) in [6.45, 7) is 0. The minimum atomic E-state index is -2.76. The van der Waals surface area contributed by atoms with E-state index in [1.165, 1.54) is 30.5 Å². The van der Waals surface area contributed by atoms with Crippen LogP contribution in [0, 0.1) is 10.1 Å². The largest absolute Gasteiger partial charge is 0.297 e. The lowest BCUT2D eigenvalue weighted by Gasteiger charge is -2.01. The molecule has 0 spiro atoms. The molecular weight excluding hydrogens is 260 g/mol. The van der Waals surface area contributed by atoms with Crippen molar-refractivity contribution in [3.8, 4) is 0 Å². The van der Waals surface area contributed by atoms with Crippen LogP contribution in [-0.4, -0.2) is 36.0 Å². The highest BCUT2D eigenvalue weighted by Gasteiger charge is 2.11. The molecule has 0 fully saturated rings. The van der Waals surface area contributed by atoms with Crippen molar-refractivity contribution >= 4 is 21.4 Å². The molecule has 10 heteroatoms. The first-order chi connectivity index (χ1) is 8.49. The molecule has 1 atom stereocenters. The maximum atomic E-state index is 12.3. The molecule has 1 N–H and O–H groups in total. The number of non-ortho nitro benzene ring substituents is 1. The number of H-pyrrole nitrogens is 1. The first kappa shape index (κ1) is 12.1. The van der Waals surface area contributed by atoms with Gasteiger partial charge in [-0.2, -0.15) is 9.58 Å². The summed E-state index contributed by atoms with van der Waals surface area (Å²) in [7, 11) is -2.76. The fourth-order valence-electron chi connectivity index (χ4n) is 1.22. The van der Waals surface area contributed by atoms with Gasteiger partial charge in [-0.1, -0.05) is 5.10 Å². The molecular formula is C8H8N6O3S. The Morgan fingerprint density at radius 1 is 1.39 bits per heavy atom. The third-order valence-electron chi connectivity index (χ3n) is 2.07. The molecule has 18 heavy (non-hydrogen) atoms. The van der Waals surface area contributed by atoms with Gasteiger partial charge in [-0.05, 0) is 17.3 Å². The van der Waals surface area contributed by atoms with Gasteiger partial charge < -0.3 is 0 Å². The number of rotatable bonds is 3. The fourth-order valence-corrected chi connectivity index (χ4v) is 2.36. The topological polar surface area (TPSA) is 127 Å². The molecule has 0 saturated heterocycles. The van der Waals surface area contributed by atoms with E-state index in [1.54, 1.807) is 0 Å². The van der Waals surface area contributed by atoms with Crippen molar-refractivity contribution in [3.05, 3.63) is 34.4 Å². The molecule has 94 valence electrons. The van der Waals surface area contributed by atoms with Gasteiger partial charge in [-0.3, -0.25) is 10.1 Å². The number of aromatic amines is 1. The third kappa shape index (κ3) is 2.48. The Labute approximate surface area is 102 Å². The molecule has 1 heterocycles. The highest BCUT2D eigenvalue weighted by Crippen LogP contribution is 2.19. The molecule has 0 radical (unpaired) electrons. The molecule has 1 aromatic heterocycles. The van der Waals surface area contributed by atoms with E-state index in [1.807, 2.05) is 0 Å². The average Bonchev–Trinajstić information content (AvgIpc) is 2.81. The second-order valence-electron chi connectivity index (χ2n) is 3.36. The Hall–Kier alpha value is -2.36. The van der Waals surface area contributed by atoms with Gasteiger partial charge in [0, 0.05) is 23.3 Å². The number of nitro benzene ring substituents is 1. The normalized spacial score (nSPS) is 13.8. The van der Waals surface area contributed by atoms with E-state index in [9.17, 15) is 14.3 Å². The van der Waals surface area contributed by atoms with Crippen LogP contribution in [0.3, 0.4) is 0 Å². The molecule has 0 bridgehead atoms. The Morgan fingerprint density at radius 3 is 2.56 bits per heavy atom. The van der Waals surface area contributed by atoms with Crippen LogP contribution >= 0.6 is 0 Å². The highest BCUT2D eigenvalue weighted by atomic mass is 32.2. The van der Waals surface area contributed by atoms with Gasteiger partial charge in [0.15, 0.2) is 0 Å². The molecule has 0 aliphatic heterocycles. The van der Waals surface area contributed by atoms with E-state index >= 15 is 0 Å². The maximum Gasteiger partial charge on any atom is 0.297 e. The first-order valence-electron chi connectivity index (χ1n) is 4.69. The summed E-state index contributed by atoms with van der Waals surface area (Å²) in [6, 6.07) is 5.32. The minimum absolute atomic E-state index is 0.0270. The van der Waals surface area contributed by atoms with Gasteiger partial charge in [-0.15, -0.1) is 5.10 Å². The van der Waals surface area contributed by atoms with Crippen molar-refractivity contribution in [2.24, 2.45) is 4.36 Å². The summed E-state index contributed by atoms with van der Waals surface area (Å²) < 4.78 is 16.1. The number of benzene rings is 1. The number of tetrazole rings is 1. The molecule has 0 aliphatic rings. The van der Waals surface area contributed by atoms with E-state index in [-0.39, 0.29) is 11.6 Å². The third-order valence-corrected chi connectivity index (χ3v) is 3.73. The zero-order chi connectivity index (χ0) is 13.2. The van der Waals surface area contributed by atoms with Crippen LogP contribution in [0.5, 0.6) is 0 Å². The summed E-state index contributed by atoms with van der Waals surface area (Å²) in [6.07, 6.45) is 1.39. The molecule has 0 saturated carbocycles. The number of hydrogen-bond donors (Lipinski definition) is 1. The lowest BCUT2D eigenvalue weighted by Crippen LogP contribution is -1.98. The van der Waals surface area contributed by atoms with E-state index < -0.39 is 14.7 Å². The molecule has 1 unspecified atom stereocenters. The summed E-state index contributed by atoms with van der Waals surface area (Å²) in [4.78, 5) is 10.3. The number of hydrogen-bond acceptors (Lipinski definition) is 7. The van der Waals surface area contributed by atoms with Gasteiger partial charge in [0.25, 0.3) is 11.6 Å². The SMILES string of the molecule is CS(=O)(=Nc1nn[nH]n1)c1ccc([N+](=O)[O-])cc1. The number of nitro groups is 1. The first-order valence-corrected chi connectivity index (χ1v) is 6.61. The summed E-state index contributed by atoms with van der Waals surface area (Å²) in [5.74, 6) is -0.0270. The van der Waals surface area contributed by atoms with Crippen molar-refractivity contribution in [3.63, 3.8) is 0 Å². The zero-order valence-corrected chi connectivity index (χ0v) is 9.99. The van der Waals surface area contributed by atoms with Crippen LogP contribution in [0.4, 0.5) is 11.6 Å². The second kappa shape index (κ2) is 4.49. The predicted octanol–water partition coefficient (Wildman–Crippen LogP) is 0.896. The van der Waals surface area contributed by atoms with Crippen molar-refractivity contribution in [2.45, 2.75) is 4.90 Å². The van der Waals surface area contributed by atoms with E-state index in [4.69, 9.17) is 0 Å². The van der Waals surface area contributed by atoms with Crippen LogP contribution in [0.2, 0.25) is 0 Å². The highest BCUT2D eigenvalue weighted by molar-refractivity contribution is 7.93. The van der Waals surface area contributed by atoms with Gasteiger partial charge >= 0.3 is 0 Å². The number of aromatic nitrogens is 4. The van der Waals surface area contributed by atoms with Crippen LogP contribution in [-0.2, 0) is 9.73 Å². The molecule has 0 amide bonds. The monoisotopic (exact) mass is 268 g/mol. The number of nitrogens with zero attached hydrogens (tertiary/aromatic N) is 5. The lowest BCUT2D eigenvalue weighted by atomic mass is 10.3. The quantitative estimate of drug-likeness (QED) is 0.650. The Bertz CT molecular complexity index is 671. The summed E-state index contributed by atoms with van der Waals surface area (Å²) in [5, 5.41) is 23.1. The Balaban J connectivity index is 2.42. The smallest absolute Gasteiger partial charge is 0.258 e. The van der Waals surface area contributed by atoms with Crippen LogP contribution in [0.25, 0.3) is 0 Å². The van der Waals surface area contributed by atoms with Crippen molar-refractivity contribution in [1.29, 1.82) is 0 Å². The van der Waals surface area contributed by atoms with Gasteiger partial charge in [-0.25, -0.2) is 4.21 Å². The standard InChI is InChI=1S/C8H8N6O3S/c1-18(17,11-8-9-12-13-10-8)7-4-2-6(3-5-7)14(15)16/h2-5H,1H3,(H,9,10,12,13). The minimum Gasteiger partial charge on any atom is -0.258 e. The zero-order valence-electron chi connectivity index (χ0n) is 9.18. The molecule has 1 aromatic carbocycles. The molecule has 2 rings (SSSR count). The van der Waals surface area contributed by atoms with Gasteiger partial charge in [0.05, 0.1) is 14.7 Å². The lowest BCUT2D eigenvalue weighted by molar-refractivity contribution is -0.384. The van der Waals surface area contributed by atoms with E-state index in [2.05, 4.69) is 25.0 Å². The Kier molecular flexibility index (Phi) is 3.02. The van der Waals surface area contributed by atoms with Crippen molar-refractivity contribution < 1.29 is 9.13 Å². The van der Waals surface area contributed by atoms with Crippen LogP contribution < -0.4 is 0 Å². The summed E-state index contributed by atoms with van der Waals surface area (Å²) >= 11 is 0. The summed E-state index contributed by atoms with van der Waals surface area (Å²) in [5.41, 5.74) is -0.0755. The van der Waals surface area contributed by atoms with Gasteiger partial charge in [0.1, 0.15) is 0 Å². The molecule has 2 aromatic rings. The maximum absolute atomic E-state index is 12.3. The molecule has 0 aliphatic carbocycles. The fraction of sp³-hybridized carbons (Fsp3) is 0.125. The number of nitrogens with one attached hydrogen (secondary N) is 1. The van der Waals surface area contributed by atoms with E-state index in [0.717, 1.165) is 0 Å². The molecule has 9 nitrogen and oxygen atoms in total. The van der Waals surface area contributed by atoms with Crippen molar-refractivity contribution in [2.75, 3.05) is 6.26 Å². The van der Waals surface area contributed by atoms with Gasteiger partial charge in [0.2, 0.25) is 0 Å².